The standard InChI is InChI=1S/C25H21FN2O6S/c26-16-5-7-17(8-6-16)27-24(30)15-35-22-4-2-1-3-19(22)25(31)34-14-23(29)28-18-9-10-20-21(13-18)33-12-11-32-20/h1-10,13H,11-12,14-15H2,(H,27,30)(H,28,29). The Kier molecular flexibility index (Phi) is 7.84. The summed E-state index contributed by atoms with van der Waals surface area (Å²) in [6, 6.07) is 17.0. The molecule has 0 saturated heterocycles. The zero-order chi connectivity index (χ0) is 24.6. The molecule has 0 atom stereocenters. The zero-order valence-corrected chi connectivity index (χ0v) is 19.2. The lowest BCUT2D eigenvalue weighted by molar-refractivity contribution is -0.119. The van der Waals surface area contributed by atoms with Crippen LogP contribution in [0.15, 0.2) is 71.6 Å². The Bertz CT molecular complexity index is 1230. The first-order valence-corrected chi connectivity index (χ1v) is 11.6. The third kappa shape index (κ3) is 6.73. The van der Waals surface area contributed by atoms with Crippen molar-refractivity contribution in [3.05, 3.63) is 78.1 Å². The lowest BCUT2D eigenvalue weighted by atomic mass is 10.2. The minimum absolute atomic E-state index is 0.0201. The Balaban J connectivity index is 1.29. The van der Waals surface area contributed by atoms with Gasteiger partial charge in [-0.1, -0.05) is 12.1 Å². The zero-order valence-electron chi connectivity index (χ0n) is 18.4. The van der Waals surface area contributed by atoms with Crippen LogP contribution in [0.5, 0.6) is 11.5 Å². The number of ether oxygens (including phenoxy) is 3. The number of rotatable bonds is 8. The SMILES string of the molecule is O=C(COC(=O)c1ccccc1SCC(=O)Nc1ccc(F)cc1)Nc1ccc2c(c1)OCCO2. The smallest absolute Gasteiger partial charge is 0.339 e. The molecule has 180 valence electrons. The predicted molar refractivity (Wildman–Crippen MR) is 129 cm³/mol. The first-order valence-electron chi connectivity index (χ1n) is 10.6. The fourth-order valence-corrected chi connectivity index (χ4v) is 4.00. The molecule has 2 N–H and O–H groups in total. The molecule has 0 aromatic heterocycles. The fourth-order valence-electron chi connectivity index (χ4n) is 3.16. The lowest BCUT2D eigenvalue weighted by Gasteiger charge is -2.19. The van der Waals surface area contributed by atoms with Gasteiger partial charge in [0, 0.05) is 22.3 Å². The van der Waals surface area contributed by atoms with E-state index in [2.05, 4.69) is 10.6 Å². The van der Waals surface area contributed by atoms with Gasteiger partial charge in [0.1, 0.15) is 19.0 Å². The van der Waals surface area contributed by atoms with E-state index in [9.17, 15) is 18.8 Å². The van der Waals surface area contributed by atoms with Gasteiger partial charge in [0.25, 0.3) is 5.91 Å². The summed E-state index contributed by atoms with van der Waals surface area (Å²) in [5, 5.41) is 5.30. The van der Waals surface area contributed by atoms with Crippen molar-refractivity contribution < 1.29 is 33.0 Å². The van der Waals surface area contributed by atoms with Crippen LogP contribution in [0.1, 0.15) is 10.4 Å². The van der Waals surface area contributed by atoms with E-state index in [1.54, 1.807) is 42.5 Å². The molecular formula is C25H21FN2O6S. The van der Waals surface area contributed by atoms with E-state index in [4.69, 9.17) is 14.2 Å². The van der Waals surface area contributed by atoms with Gasteiger partial charge in [0.05, 0.1) is 11.3 Å². The lowest BCUT2D eigenvalue weighted by Crippen LogP contribution is -2.21. The maximum absolute atomic E-state index is 13.0. The molecule has 3 aromatic carbocycles. The summed E-state index contributed by atoms with van der Waals surface area (Å²) in [4.78, 5) is 37.6. The fraction of sp³-hybridized carbons (Fsp3) is 0.160. The van der Waals surface area contributed by atoms with Crippen molar-refractivity contribution in [3.63, 3.8) is 0 Å². The van der Waals surface area contributed by atoms with Gasteiger partial charge < -0.3 is 24.8 Å². The molecule has 3 aromatic rings. The van der Waals surface area contributed by atoms with Crippen molar-refractivity contribution in [2.75, 3.05) is 36.2 Å². The molecule has 1 heterocycles. The molecule has 10 heteroatoms. The van der Waals surface area contributed by atoms with Gasteiger partial charge in [-0.3, -0.25) is 9.59 Å². The molecule has 0 aliphatic carbocycles. The molecule has 4 rings (SSSR count). The van der Waals surface area contributed by atoms with Crippen molar-refractivity contribution in [2.24, 2.45) is 0 Å². The number of anilines is 2. The first kappa shape index (κ1) is 24.1. The van der Waals surface area contributed by atoms with Crippen molar-refractivity contribution in [3.8, 4) is 11.5 Å². The highest BCUT2D eigenvalue weighted by Crippen LogP contribution is 2.32. The van der Waals surface area contributed by atoms with Crippen LogP contribution < -0.4 is 20.1 Å². The molecule has 0 fully saturated rings. The van der Waals surface area contributed by atoms with Gasteiger partial charge in [-0.15, -0.1) is 11.8 Å². The number of carbonyl (C=O) groups is 3. The molecule has 1 aliphatic heterocycles. The number of halogens is 1. The first-order chi connectivity index (χ1) is 17.0. The average molecular weight is 497 g/mol. The molecule has 0 spiro atoms. The minimum atomic E-state index is -0.690. The minimum Gasteiger partial charge on any atom is -0.486 e. The number of nitrogens with one attached hydrogen (secondary N) is 2. The molecule has 2 amide bonds. The van der Waals surface area contributed by atoms with Crippen molar-refractivity contribution in [1.29, 1.82) is 0 Å². The van der Waals surface area contributed by atoms with E-state index in [-0.39, 0.29) is 17.2 Å². The second-order valence-electron chi connectivity index (χ2n) is 7.32. The Morgan fingerprint density at radius 3 is 2.34 bits per heavy atom. The Labute approximate surface area is 204 Å². The highest BCUT2D eigenvalue weighted by atomic mass is 32.2. The maximum atomic E-state index is 13.0. The second kappa shape index (κ2) is 11.4. The summed E-state index contributed by atoms with van der Waals surface area (Å²) in [6.45, 7) is 0.401. The molecule has 0 unspecified atom stereocenters. The van der Waals surface area contributed by atoms with Crippen LogP contribution in [0.25, 0.3) is 0 Å². The third-order valence-corrected chi connectivity index (χ3v) is 5.83. The second-order valence-corrected chi connectivity index (χ2v) is 8.34. The highest BCUT2D eigenvalue weighted by Gasteiger charge is 2.17. The number of hydrogen-bond acceptors (Lipinski definition) is 7. The molecule has 1 aliphatic rings. The Morgan fingerprint density at radius 1 is 0.857 bits per heavy atom. The maximum Gasteiger partial charge on any atom is 0.339 e. The van der Waals surface area contributed by atoms with Crippen molar-refractivity contribution >= 4 is 40.9 Å². The van der Waals surface area contributed by atoms with Crippen LogP contribution in [0.3, 0.4) is 0 Å². The molecule has 0 saturated carbocycles. The number of hydrogen-bond donors (Lipinski definition) is 2. The largest absolute Gasteiger partial charge is 0.486 e. The topological polar surface area (TPSA) is 103 Å². The predicted octanol–water partition coefficient (Wildman–Crippen LogP) is 4.12. The number of benzene rings is 3. The monoisotopic (exact) mass is 496 g/mol. The summed E-state index contributed by atoms with van der Waals surface area (Å²) in [6.07, 6.45) is 0. The van der Waals surface area contributed by atoms with Gasteiger partial charge >= 0.3 is 5.97 Å². The Morgan fingerprint density at radius 2 is 1.54 bits per heavy atom. The van der Waals surface area contributed by atoms with Crippen LogP contribution in [-0.4, -0.2) is 43.4 Å². The highest BCUT2D eigenvalue weighted by molar-refractivity contribution is 8.00. The number of carbonyl (C=O) groups excluding carboxylic acids is 3. The van der Waals surface area contributed by atoms with E-state index in [1.165, 1.54) is 24.3 Å². The van der Waals surface area contributed by atoms with Gasteiger partial charge in [-0.25, -0.2) is 9.18 Å². The molecule has 0 bridgehead atoms. The summed E-state index contributed by atoms with van der Waals surface area (Å²) < 4.78 is 29.1. The molecule has 35 heavy (non-hydrogen) atoms. The van der Waals surface area contributed by atoms with Crippen molar-refractivity contribution in [1.82, 2.24) is 0 Å². The Hall–Kier alpha value is -4.05. The molecule has 8 nitrogen and oxygen atoms in total. The van der Waals surface area contributed by atoms with E-state index in [0.29, 0.717) is 41.0 Å². The summed E-state index contributed by atoms with van der Waals surface area (Å²) in [5.74, 6) is -0.773. The number of thioether (sulfide) groups is 1. The van der Waals surface area contributed by atoms with Gasteiger partial charge in [-0.05, 0) is 48.5 Å². The van der Waals surface area contributed by atoms with Crippen LogP contribution >= 0.6 is 11.8 Å². The summed E-state index contributed by atoms with van der Waals surface area (Å²) >= 11 is 1.14. The van der Waals surface area contributed by atoms with Crippen LogP contribution in [0, 0.1) is 5.82 Å². The molecular weight excluding hydrogens is 475 g/mol. The van der Waals surface area contributed by atoms with Crippen LogP contribution in [0.2, 0.25) is 0 Å². The van der Waals surface area contributed by atoms with Gasteiger partial charge in [0.15, 0.2) is 18.1 Å². The molecule has 0 radical (unpaired) electrons. The normalized spacial score (nSPS) is 11.9. The van der Waals surface area contributed by atoms with E-state index in [0.717, 1.165) is 11.8 Å². The number of esters is 1. The quantitative estimate of drug-likeness (QED) is 0.357. The van der Waals surface area contributed by atoms with Crippen molar-refractivity contribution in [2.45, 2.75) is 4.90 Å². The van der Waals surface area contributed by atoms with Gasteiger partial charge in [0.2, 0.25) is 5.91 Å². The summed E-state index contributed by atoms with van der Waals surface area (Å²) in [7, 11) is 0. The third-order valence-electron chi connectivity index (χ3n) is 4.75. The average Bonchev–Trinajstić information content (AvgIpc) is 2.87. The van der Waals surface area contributed by atoms with E-state index < -0.39 is 24.3 Å². The number of amides is 2. The van der Waals surface area contributed by atoms with Crippen LogP contribution in [0.4, 0.5) is 15.8 Å². The summed E-state index contributed by atoms with van der Waals surface area (Å²) in [5.41, 5.74) is 1.19. The number of fused-ring (bicyclic) bond motifs is 1. The van der Waals surface area contributed by atoms with Crippen LogP contribution in [-0.2, 0) is 14.3 Å². The van der Waals surface area contributed by atoms with E-state index >= 15 is 0 Å². The van der Waals surface area contributed by atoms with Gasteiger partial charge in [-0.2, -0.15) is 0 Å². The van der Waals surface area contributed by atoms with E-state index in [1.807, 2.05) is 0 Å².